The van der Waals surface area contributed by atoms with Crippen LogP contribution < -0.4 is 0 Å². The summed E-state index contributed by atoms with van der Waals surface area (Å²) in [6.07, 6.45) is 2.63. The summed E-state index contributed by atoms with van der Waals surface area (Å²) in [5, 5.41) is 0. The lowest BCUT2D eigenvalue weighted by Crippen LogP contribution is -2.51. The van der Waals surface area contributed by atoms with Gasteiger partial charge in [0.1, 0.15) is 5.82 Å². The lowest BCUT2D eigenvalue weighted by molar-refractivity contribution is -0.158. The highest BCUT2D eigenvalue weighted by molar-refractivity contribution is 7.89. The van der Waals surface area contributed by atoms with Gasteiger partial charge in [-0.15, -0.1) is 0 Å². The molecule has 26 heavy (non-hydrogen) atoms. The third-order valence-electron chi connectivity index (χ3n) is 4.80. The van der Waals surface area contributed by atoms with Crippen molar-refractivity contribution in [2.75, 3.05) is 32.8 Å². The first-order chi connectivity index (χ1) is 12.4. The van der Waals surface area contributed by atoms with Gasteiger partial charge in [0.15, 0.2) is 6.61 Å². The fourth-order valence-corrected chi connectivity index (χ4v) is 4.39. The summed E-state index contributed by atoms with van der Waals surface area (Å²) in [5.74, 6) is -1.37. The number of carbonyl (C=O) groups excluding carboxylic acids is 2. The summed E-state index contributed by atoms with van der Waals surface area (Å²) in [6.45, 7) is 0.316. The summed E-state index contributed by atoms with van der Waals surface area (Å²) in [6, 6.07) is 4.85. The van der Waals surface area contributed by atoms with Crippen LogP contribution in [0.3, 0.4) is 0 Å². The zero-order chi connectivity index (χ0) is 18.7. The molecule has 3 rings (SSSR count). The summed E-state index contributed by atoms with van der Waals surface area (Å²) < 4.78 is 44.6. The Hall–Kier alpha value is -2.00. The predicted molar refractivity (Wildman–Crippen MR) is 90.0 cm³/mol. The van der Waals surface area contributed by atoms with Crippen molar-refractivity contribution < 1.29 is 27.1 Å². The lowest BCUT2D eigenvalue weighted by Gasteiger charge is -2.34. The number of hydrogen-bond donors (Lipinski definition) is 0. The second-order valence-corrected chi connectivity index (χ2v) is 8.42. The van der Waals surface area contributed by atoms with Gasteiger partial charge in [-0.05, 0) is 31.0 Å². The number of benzene rings is 1. The maximum Gasteiger partial charge on any atom is 0.309 e. The number of nitrogens with zero attached hydrogens (tertiary/aromatic N) is 2. The van der Waals surface area contributed by atoms with Crippen LogP contribution in [0.1, 0.15) is 19.3 Å². The second-order valence-electron chi connectivity index (χ2n) is 6.48. The number of hydrogen-bond acceptors (Lipinski definition) is 5. The van der Waals surface area contributed by atoms with Crippen LogP contribution in [0.5, 0.6) is 0 Å². The average molecular weight is 384 g/mol. The first-order valence-electron chi connectivity index (χ1n) is 8.58. The Kier molecular flexibility index (Phi) is 5.57. The third kappa shape index (κ3) is 4.04. The van der Waals surface area contributed by atoms with Gasteiger partial charge >= 0.3 is 5.97 Å². The predicted octanol–water partition coefficient (Wildman–Crippen LogP) is 1.00. The zero-order valence-corrected chi connectivity index (χ0v) is 15.1. The third-order valence-corrected chi connectivity index (χ3v) is 6.70. The van der Waals surface area contributed by atoms with Crippen LogP contribution in [0.4, 0.5) is 4.39 Å². The Morgan fingerprint density at radius 3 is 2.42 bits per heavy atom. The molecule has 1 aromatic rings. The molecule has 0 aromatic heterocycles. The van der Waals surface area contributed by atoms with Crippen molar-refractivity contribution in [3.05, 3.63) is 30.1 Å². The topological polar surface area (TPSA) is 84.0 Å². The molecule has 1 saturated carbocycles. The maximum absolute atomic E-state index is 13.3. The zero-order valence-electron chi connectivity index (χ0n) is 14.3. The number of ether oxygens (including phenoxy) is 1. The average Bonchev–Trinajstić information content (AvgIpc) is 2.58. The molecule has 7 nitrogen and oxygen atoms in total. The van der Waals surface area contributed by atoms with Gasteiger partial charge in [0.2, 0.25) is 10.0 Å². The molecule has 2 aliphatic rings. The normalized spacial score (nSPS) is 19.0. The van der Waals surface area contributed by atoms with Gasteiger partial charge in [-0.25, -0.2) is 12.8 Å². The van der Waals surface area contributed by atoms with Crippen molar-refractivity contribution >= 4 is 21.9 Å². The molecule has 0 bridgehead atoms. The molecule has 1 heterocycles. The molecule has 0 radical (unpaired) electrons. The Balaban J connectivity index is 1.51. The molecule has 1 amide bonds. The van der Waals surface area contributed by atoms with Crippen LogP contribution in [0, 0.1) is 11.7 Å². The van der Waals surface area contributed by atoms with Gasteiger partial charge in [0.05, 0.1) is 10.8 Å². The van der Waals surface area contributed by atoms with Gasteiger partial charge in [-0.3, -0.25) is 9.59 Å². The van der Waals surface area contributed by atoms with E-state index in [0.29, 0.717) is 0 Å². The van der Waals surface area contributed by atoms with Crippen LogP contribution >= 0.6 is 0 Å². The summed E-state index contributed by atoms with van der Waals surface area (Å²) in [7, 11) is -3.80. The minimum Gasteiger partial charge on any atom is -0.455 e. The Morgan fingerprint density at radius 1 is 1.15 bits per heavy atom. The number of halogens is 1. The molecular formula is C17H21FN2O5S. The Labute approximate surface area is 151 Å². The molecule has 9 heteroatoms. The van der Waals surface area contributed by atoms with Crippen LogP contribution in [-0.4, -0.2) is 62.3 Å². The van der Waals surface area contributed by atoms with Crippen molar-refractivity contribution in [2.45, 2.75) is 24.2 Å². The van der Waals surface area contributed by atoms with E-state index in [1.54, 1.807) is 0 Å². The number of carbonyl (C=O) groups is 2. The number of esters is 1. The molecule has 2 fully saturated rings. The minimum absolute atomic E-state index is 0.0870. The molecule has 1 saturated heterocycles. The molecule has 142 valence electrons. The highest BCUT2D eigenvalue weighted by Gasteiger charge is 2.31. The maximum atomic E-state index is 13.3. The Bertz CT molecular complexity index is 786. The largest absolute Gasteiger partial charge is 0.455 e. The minimum atomic E-state index is -3.80. The fourth-order valence-electron chi connectivity index (χ4n) is 2.94. The summed E-state index contributed by atoms with van der Waals surface area (Å²) in [4.78, 5) is 25.2. The van der Waals surface area contributed by atoms with Crippen molar-refractivity contribution in [3.63, 3.8) is 0 Å². The highest BCUT2D eigenvalue weighted by atomic mass is 32.2. The van der Waals surface area contributed by atoms with Gasteiger partial charge in [0.25, 0.3) is 5.91 Å². The quantitative estimate of drug-likeness (QED) is 0.708. The van der Waals surface area contributed by atoms with E-state index >= 15 is 0 Å². The van der Waals surface area contributed by atoms with Gasteiger partial charge in [-0.2, -0.15) is 4.31 Å². The second kappa shape index (κ2) is 7.71. The van der Waals surface area contributed by atoms with Crippen LogP contribution in [0.2, 0.25) is 0 Å². The van der Waals surface area contributed by atoms with Crippen molar-refractivity contribution in [1.82, 2.24) is 9.21 Å². The molecule has 0 unspecified atom stereocenters. The van der Waals surface area contributed by atoms with E-state index in [1.165, 1.54) is 27.4 Å². The van der Waals surface area contributed by atoms with Crippen LogP contribution in [-0.2, 0) is 24.3 Å². The summed E-state index contributed by atoms with van der Waals surface area (Å²) in [5.41, 5.74) is 0. The lowest BCUT2D eigenvalue weighted by atomic mass is 9.86. The van der Waals surface area contributed by atoms with E-state index in [1.807, 2.05) is 0 Å². The van der Waals surface area contributed by atoms with Crippen molar-refractivity contribution in [3.8, 4) is 0 Å². The molecule has 1 aromatic carbocycles. The number of rotatable bonds is 5. The monoisotopic (exact) mass is 384 g/mol. The summed E-state index contributed by atoms with van der Waals surface area (Å²) >= 11 is 0. The van der Waals surface area contributed by atoms with E-state index < -0.39 is 15.8 Å². The van der Waals surface area contributed by atoms with Gasteiger partial charge < -0.3 is 9.64 Å². The van der Waals surface area contributed by atoms with Crippen LogP contribution in [0.15, 0.2) is 29.2 Å². The van der Waals surface area contributed by atoms with Crippen LogP contribution in [0.25, 0.3) is 0 Å². The fraction of sp³-hybridized carbons (Fsp3) is 0.529. The molecule has 0 N–H and O–H groups in total. The molecule has 1 aliphatic heterocycles. The first-order valence-corrected chi connectivity index (χ1v) is 10.0. The van der Waals surface area contributed by atoms with E-state index in [-0.39, 0.29) is 55.5 Å². The van der Waals surface area contributed by atoms with E-state index in [2.05, 4.69) is 0 Å². The molecule has 1 aliphatic carbocycles. The smallest absolute Gasteiger partial charge is 0.309 e. The number of sulfonamides is 1. The van der Waals surface area contributed by atoms with Gasteiger partial charge in [0, 0.05) is 26.2 Å². The molecular weight excluding hydrogens is 363 g/mol. The molecule has 0 atom stereocenters. The molecule has 0 spiro atoms. The number of piperazine rings is 1. The van der Waals surface area contributed by atoms with E-state index in [4.69, 9.17) is 4.74 Å². The van der Waals surface area contributed by atoms with Crippen molar-refractivity contribution in [1.29, 1.82) is 0 Å². The Morgan fingerprint density at radius 2 is 1.85 bits per heavy atom. The van der Waals surface area contributed by atoms with Crippen molar-refractivity contribution in [2.24, 2.45) is 5.92 Å². The van der Waals surface area contributed by atoms with E-state index in [0.717, 1.165) is 25.3 Å². The number of amides is 1. The van der Waals surface area contributed by atoms with E-state index in [9.17, 15) is 22.4 Å². The highest BCUT2D eigenvalue weighted by Crippen LogP contribution is 2.27. The van der Waals surface area contributed by atoms with Gasteiger partial charge in [-0.1, -0.05) is 12.5 Å². The standard InChI is InChI=1S/C17H21FN2O5S/c18-14-5-2-6-15(11-14)26(23,24)20-9-7-19(8-10-20)16(21)12-25-17(22)13-3-1-4-13/h2,5-6,11,13H,1,3-4,7-10,12H2. The first kappa shape index (κ1) is 18.8. The SMILES string of the molecule is O=C(OCC(=O)N1CCN(S(=O)(=O)c2cccc(F)c2)CC1)C1CCC1.